The van der Waals surface area contributed by atoms with Crippen molar-refractivity contribution in [1.82, 2.24) is 9.55 Å². The Morgan fingerprint density at radius 3 is 2.71 bits per heavy atom. The highest BCUT2D eigenvalue weighted by Crippen LogP contribution is 2.23. The molecule has 0 bridgehead atoms. The van der Waals surface area contributed by atoms with Crippen LogP contribution in [-0.2, 0) is 16.1 Å². The number of hydrogen-bond acceptors (Lipinski definition) is 4. The summed E-state index contributed by atoms with van der Waals surface area (Å²) >= 11 is 1.39. The van der Waals surface area contributed by atoms with Crippen LogP contribution in [0.15, 0.2) is 47.6 Å². The van der Waals surface area contributed by atoms with E-state index in [9.17, 15) is 9.59 Å². The fraction of sp³-hybridized carbons (Fsp3) is 0.190. The van der Waals surface area contributed by atoms with E-state index in [1.165, 1.54) is 18.4 Å². The Bertz CT molecular complexity index is 1290. The molecular weight excluding hydrogens is 374 g/mol. The van der Waals surface area contributed by atoms with Gasteiger partial charge < -0.3 is 14.3 Å². The first-order valence-electron chi connectivity index (χ1n) is 8.80. The summed E-state index contributed by atoms with van der Waals surface area (Å²) in [7, 11) is 1.35. The number of methoxy groups -OCH3 is 1. The molecule has 0 fully saturated rings. The Morgan fingerprint density at radius 1 is 1.18 bits per heavy atom. The first kappa shape index (κ1) is 18.2. The average molecular weight is 393 g/mol. The van der Waals surface area contributed by atoms with Crippen molar-refractivity contribution in [3.05, 3.63) is 64.1 Å². The number of H-pyrrole nitrogens is 1. The maximum absolute atomic E-state index is 12.9. The summed E-state index contributed by atoms with van der Waals surface area (Å²) < 4.78 is 7.54. The van der Waals surface area contributed by atoms with E-state index in [1.54, 1.807) is 10.8 Å². The van der Waals surface area contributed by atoms with E-state index in [1.807, 2.05) is 44.2 Å². The van der Waals surface area contributed by atoms with Gasteiger partial charge in [0.25, 0.3) is 5.91 Å². The van der Waals surface area contributed by atoms with Crippen molar-refractivity contribution < 1.29 is 14.3 Å². The highest BCUT2D eigenvalue weighted by Gasteiger charge is 2.15. The minimum absolute atomic E-state index is 0.000993. The Morgan fingerprint density at radius 2 is 1.93 bits per heavy atom. The van der Waals surface area contributed by atoms with E-state index in [4.69, 9.17) is 4.74 Å². The second kappa shape index (κ2) is 7.09. The van der Waals surface area contributed by atoms with Crippen molar-refractivity contribution in [2.45, 2.75) is 20.4 Å². The lowest BCUT2D eigenvalue weighted by Gasteiger charge is -2.05. The number of aromatic nitrogens is 2. The minimum atomic E-state index is -0.390. The van der Waals surface area contributed by atoms with Crippen molar-refractivity contribution in [3.63, 3.8) is 0 Å². The quantitative estimate of drug-likeness (QED) is 0.539. The number of thiazole rings is 1. The van der Waals surface area contributed by atoms with Gasteiger partial charge in [-0.15, -0.1) is 0 Å². The molecule has 0 radical (unpaired) electrons. The van der Waals surface area contributed by atoms with Crippen LogP contribution in [0, 0.1) is 13.8 Å². The van der Waals surface area contributed by atoms with E-state index in [2.05, 4.69) is 16.0 Å². The molecule has 2 heterocycles. The molecular formula is C21H19N3O3S. The van der Waals surface area contributed by atoms with Gasteiger partial charge >= 0.3 is 5.97 Å². The molecule has 0 unspecified atom stereocenters. The van der Waals surface area contributed by atoms with Crippen LogP contribution in [0.5, 0.6) is 0 Å². The summed E-state index contributed by atoms with van der Waals surface area (Å²) in [4.78, 5) is 32.8. The number of nitrogens with one attached hydrogen (secondary N) is 1. The van der Waals surface area contributed by atoms with Crippen molar-refractivity contribution in [1.29, 1.82) is 0 Å². The van der Waals surface area contributed by atoms with Crippen LogP contribution in [0.1, 0.15) is 21.5 Å². The second-order valence-corrected chi connectivity index (χ2v) is 7.63. The SMILES string of the molecule is COC(=O)Cn1c(=NC(=O)c2c[nH]c3ccccc23)sc2cc(C)c(C)cc21. The summed E-state index contributed by atoms with van der Waals surface area (Å²) in [5.74, 6) is -0.741. The van der Waals surface area contributed by atoms with Crippen molar-refractivity contribution in [3.8, 4) is 0 Å². The highest BCUT2D eigenvalue weighted by molar-refractivity contribution is 7.16. The molecule has 2 aromatic carbocycles. The van der Waals surface area contributed by atoms with Crippen LogP contribution in [-0.4, -0.2) is 28.5 Å². The van der Waals surface area contributed by atoms with Gasteiger partial charge in [-0.3, -0.25) is 9.59 Å². The lowest BCUT2D eigenvalue weighted by molar-refractivity contribution is -0.141. The van der Waals surface area contributed by atoms with Gasteiger partial charge in [0.1, 0.15) is 6.54 Å². The highest BCUT2D eigenvalue weighted by atomic mass is 32.1. The van der Waals surface area contributed by atoms with E-state index in [0.717, 1.165) is 32.2 Å². The molecule has 0 atom stereocenters. The number of esters is 1. The van der Waals surface area contributed by atoms with Crippen molar-refractivity contribution >= 4 is 44.3 Å². The maximum Gasteiger partial charge on any atom is 0.325 e. The number of nitrogens with zero attached hydrogens (tertiary/aromatic N) is 2. The zero-order chi connectivity index (χ0) is 19.8. The molecule has 1 amide bonds. The van der Waals surface area contributed by atoms with Crippen molar-refractivity contribution in [2.24, 2.45) is 4.99 Å². The van der Waals surface area contributed by atoms with Crippen LogP contribution >= 0.6 is 11.3 Å². The molecule has 1 N–H and O–H groups in total. The third-order valence-corrected chi connectivity index (χ3v) is 5.87. The molecule has 0 saturated heterocycles. The number of fused-ring (bicyclic) bond motifs is 2. The Kier molecular flexibility index (Phi) is 4.60. The average Bonchev–Trinajstić information content (AvgIpc) is 3.24. The predicted molar refractivity (Wildman–Crippen MR) is 109 cm³/mol. The van der Waals surface area contributed by atoms with Gasteiger partial charge in [0.05, 0.1) is 22.9 Å². The van der Waals surface area contributed by atoms with Crippen LogP contribution in [0.3, 0.4) is 0 Å². The lowest BCUT2D eigenvalue weighted by atomic mass is 10.1. The maximum atomic E-state index is 12.9. The Labute approximate surface area is 165 Å². The monoisotopic (exact) mass is 393 g/mol. The molecule has 142 valence electrons. The van der Waals surface area contributed by atoms with E-state index in [-0.39, 0.29) is 18.4 Å². The van der Waals surface area contributed by atoms with Gasteiger partial charge in [-0.1, -0.05) is 29.5 Å². The molecule has 0 spiro atoms. The predicted octanol–water partition coefficient (Wildman–Crippen LogP) is 3.72. The van der Waals surface area contributed by atoms with Crippen LogP contribution in [0.2, 0.25) is 0 Å². The lowest BCUT2D eigenvalue weighted by Crippen LogP contribution is -2.22. The molecule has 7 heteroatoms. The minimum Gasteiger partial charge on any atom is -0.468 e. The van der Waals surface area contributed by atoms with Crippen LogP contribution in [0.25, 0.3) is 21.1 Å². The number of aryl methyl sites for hydroxylation is 2. The molecule has 0 aliphatic heterocycles. The summed E-state index contributed by atoms with van der Waals surface area (Å²) in [6.07, 6.45) is 1.67. The molecule has 0 aliphatic carbocycles. The smallest absolute Gasteiger partial charge is 0.325 e. The number of ether oxygens (including phenoxy) is 1. The third kappa shape index (κ3) is 3.14. The molecule has 6 nitrogen and oxygen atoms in total. The fourth-order valence-electron chi connectivity index (χ4n) is 3.15. The molecule has 4 rings (SSSR count). The van der Waals surface area contributed by atoms with Gasteiger partial charge in [0.2, 0.25) is 0 Å². The fourth-order valence-corrected chi connectivity index (χ4v) is 4.26. The number of hydrogen-bond donors (Lipinski definition) is 1. The molecule has 0 aliphatic rings. The Balaban J connectivity index is 1.90. The number of rotatable bonds is 3. The van der Waals surface area contributed by atoms with Gasteiger partial charge in [0, 0.05) is 17.1 Å². The molecule has 0 saturated carbocycles. The van der Waals surface area contributed by atoms with Crippen LogP contribution in [0.4, 0.5) is 0 Å². The first-order chi connectivity index (χ1) is 13.5. The summed E-state index contributed by atoms with van der Waals surface area (Å²) in [6, 6.07) is 11.7. The number of amides is 1. The summed E-state index contributed by atoms with van der Waals surface area (Å²) in [5.41, 5.74) is 4.51. The van der Waals surface area contributed by atoms with Gasteiger partial charge in [-0.25, -0.2) is 0 Å². The van der Waals surface area contributed by atoms with Gasteiger partial charge in [0.15, 0.2) is 4.80 Å². The number of carbonyl (C=O) groups is 2. The first-order valence-corrected chi connectivity index (χ1v) is 9.62. The van der Waals surface area contributed by atoms with Crippen molar-refractivity contribution in [2.75, 3.05) is 7.11 Å². The number of carbonyl (C=O) groups excluding carboxylic acids is 2. The van der Waals surface area contributed by atoms with E-state index >= 15 is 0 Å². The summed E-state index contributed by atoms with van der Waals surface area (Å²) in [5, 5.41) is 0.823. The second-order valence-electron chi connectivity index (χ2n) is 6.62. The topological polar surface area (TPSA) is 76.5 Å². The zero-order valence-electron chi connectivity index (χ0n) is 15.8. The van der Waals surface area contributed by atoms with E-state index in [0.29, 0.717) is 10.4 Å². The number of aromatic amines is 1. The van der Waals surface area contributed by atoms with Crippen LogP contribution < -0.4 is 4.80 Å². The van der Waals surface area contributed by atoms with Gasteiger partial charge in [-0.05, 0) is 43.2 Å². The largest absolute Gasteiger partial charge is 0.468 e. The molecule has 2 aromatic heterocycles. The normalized spacial score (nSPS) is 12.0. The zero-order valence-corrected chi connectivity index (χ0v) is 16.6. The molecule has 4 aromatic rings. The number of benzene rings is 2. The standard InChI is InChI=1S/C21H19N3O3S/c1-12-8-17-18(9-13(12)2)28-21(24(17)11-19(25)27-3)23-20(26)15-10-22-16-7-5-4-6-14(15)16/h4-10,22H,11H2,1-3H3. The molecule has 28 heavy (non-hydrogen) atoms. The summed E-state index contributed by atoms with van der Waals surface area (Å²) in [6.45, 7) is 4.05. The number of para-hydroxylation sites is 1. The third-order valence-electron chi connectivity index (χ3n) is 4.83. The van der Waals surface area contributed by atoms with E-state index < -0.39 is 0 Å². The van der Waals surface area contributed by atoms with Gasteiger partial charge in [-0.2, -0.15) is 4.99 Å². The Hall–Kier alpha value is -3.19.